The third kappa shape index (κ3) is 41.4. The molecule has 0 bridgehead atoms. The van der Waals surface area contributed by atoms with Crippen LogP contribution in [0.5, 0.6) is 46.0 Å². The molecule has 0 radical (unpaired) electrons. The van der Waals surface area contributed by atoms with Crippen LogP contribution in [-0.2, 0) is 102 Å². The molecule has 0 aromatic heterocycles. The average Bonchev–Trinajstić information content (AvgIpc) is 0.823. The van der Waals surface area contributed by atoms with Crippen LogP contribution in [0.4, 0.5) is 0 Å². The molecule has 814 valence electrons. The Hall–Kier alpha value is -14.2. The van der Waals surface area contributed by atoms with Gasteiger partial charge in [-0.05, 0) is 213 Å². The lowest BCUT2D eigenvalue weighted by atomic mass is 9.89. The lowest BCUT2D eigenvalue weighted by Gasteiger charge is -2.30. The van der Waals surface area contributed by atoms with Crippen molar-refractivity contribution in [2.24, 2.45) is 32.5 Å². The van der Waals surface area contributed by atoms with Crippen LogP contribution in [-0.4, -0.2) is 287 Å². The molecule has 8 aliphatic heterocycles. The molecule has 6 atom stereocenters. The van der Waals surface area contributed by atoms with Gasteiger partial charge in [-0.15, -0.1) is 0 Å². The molecule has 1 saturated carbocycles. The van der Waals surface area contributed by atoms with Gasteiger partial charge in [-0.2, -0.15) is 0 Å². The number of benzene rings is 4. The fraction of sp³-hybridized carbons (Fsp3) is 0.504. The molecule has 9 N–H and O–H groups in total. The van der Waals surface area contributed by atoms with E-state index < -0.39 is 47.6 Å². The van der Waals surface area contributed by atoms with E-state index in [1.54, 1.807) is 59.8 Å². The number of morpholine rings is 1. The van der Waals surface area contributed by atoms with Crippen molar-refractivity contribution in [1.29, 1.82) is 0 Å². The summed E-state index contributed by atoms with van der Waals surface area (Å²) in [4.78, 5) is 130. The van der Waals surface area contributed by atoms with Crippen molar-refractivity contribution in [3.8, 4) is 46.0 Å². The van der Waals surface area contributed by atoms with E-state index in [2.05, 4.69) is 57.0 Å². The number of cyclic esters (lactones) is 4. The summed E-state index contributed by atoms with van der Waals surface area (Å²) in [6.45, 7) is 23.1. The number of carbonyl (C=O) groups is 8. The van der Waals surface area contributed by atoms with Crippen LogP contribution < -0.4 is 5.32 Å². The van der Waals surface area contributed by atoms with E-state index in [0.717, 1.165) is 146 Å². The molecule has 37 nitrogen and oxygen atoms in total. The van der Waals surface area contributed by atoms with E-state index >= 15 is 0 Å². The van der Waals surface area contributed by atoms with Crippen LogP contribution in [0.3, 0.4) is 0 Å². The van der Waals surface area contributed by atoms with Gasteiger partial charge >= 0.3 is 23.9 Å². The normalized spacial score (nSPS) is 23.5. The highest BCUT2D eigenvalue weighted by Gasteiger charge is 2.31. The molecule has 4 saturated heterocycles. The topological polar surface area (TPSA) is 484 Å². The molecular formula is C113H149N9O28. The zero-order valence-electron chi connectivity index (χ0n) is 87.0. The zero-order valence-corrected chi connectivity index (χ0v) is 87.0. The lowest BCUT2D eigenvalue weighted by molar-refractivity contribution is -0.137. The number of oxime groups is 4. The average molecular weight is 2080 g/mol. The van der Waals surface area contributed by atoms with Gasteiger partial charge in [0.05, 0.1) is 68.6 Å². The number of phenolic OH excluding ortho intramolecular Hbond substituents is 8. The summed E-state index contributed by atoms with van der Waals surface area (Å²) in [5.41, 5.74) is 3.68. The first kappa shape index (κ1) is 118. The molecule has 4 aromatic rings. The van der Waals surface area contributed by atoms with Gasteiger partial charge in [0.1, 0.15) is 98.9 Å². The van der Waals surface area contributed by atoms with Gasteiger partial charge in [0.15, 0.2) is 26.4 Å². The molecule has 1 aliphatic carbocycles. The molecule has 9 aliphatic rings. The number of nitrogens with one attached hydrogen (secondary N) is 1. The van der Waals surface area contributed by atoms with E-state index in [1.165, 1.54) is 50.6 Å². The Labute approximate surface area is 877 Å². The number of allylic oxidation sites excluding steroid dienone is 8. The Morgan fingerprint density at radius 2 is 0.733 bits per heavy atom. The van der Waals surface area contributed by atoms with Gasteiger partial charge in [0.2, 0.25) is 0 Å². The van der Waals surface area contributed by atoms with E-state index in [0.29, 0.717) is 148 Å². The van der Waals surface area contributed by atoms with Crippen molar-refractivity contribution in [1.82, 2.24) is 24.9 Å². The third-order valence-electron chi connectivity index (χ3n) is 25.8. The largest absolute Gasteiger partial charge is 0.508 e. The number of rotatable bonds is 22. The second kappa shape index (κ2) is 63.6. The quantitative estimate of drug-likeness (QED) is 0.0116. The standard InChI is InChI=1S/C32H43N3O8.C29H38N2O8.2C26H34N2O6/c1-23(34-14-16-40-17-15-34)21-41-28-10-6-8-24(2)43-32(39)31-25(19-27(36)20-29(31)37)18-26(9-7-11-28)33-42-22-30(38)35-12-4-3-5-13-35;1-20-9-7-11-25(37-18-21(2)36-3)12-8-10-23(30-38-19-27(34)31-13-5-4-6-14-31)15-22-16-24(32)17-26(33)28(22)29(35)39-20;1-18-8-6-10-19(2)34-26(32)25-20(15-22(29)16-23(25)30)14-21(11-7-9-18)27-33-17-24(31)28-12-4-3-5-13-28;29-22-15-20-14-21(28-34-18-24(31)27-17-19-10-6-5-7-11-19)12-8-3-1-2-4-9-13-33-26(32)25(20)23(30)16-22/h6-7,9-10,19-20,24,28,36-37H,1,3-5,8,11-18,21-22H2,2H3;7-8,10-11,16-17,20,25,32-33H,2,4-6,9,12-15,18-19H2,1,3H3;6-8,11,15-16,18-19,29-30H,3-5,9-10,12-14,17H2,1-2H3;2,4,8,12,15-16,19,29-30H,1,3,5-7,9-11,13-14,17-18H2,(H,27,31)/b9-7+,10-6+,33-26?;10-8+,11-7+,30-23?;8-6+,11-7+,27-21+;4-2+,12-8+,28-21?/t24-,28-;20-,25-;18-,19-;/m111./s1. The number of amides is 4. The maximum absolute atomic E-state index is 13.1. The van der Waals surface area contributed by atoms with Crippen molar-refractivity contribution in [2.45, 2.75) is 232 Å². The molecular weight excluding hydrogens is 1930 g/mol. The number of phenols is 8. The van der Waals surface area contributed by atoms with Crippen LogP contribution >= 0.6 is 0 Å². The van der Waals surface area contributed by atoms with Gasteiger partial charge < -0.3 is 123 Å². The number of carbonyl (C=O) groups excluding carboxylic acids is 8. The Bertz CT molecular complexity index is 5550. The van der Waals surface area contributed by atoms with Crippen molar-refractivity contribution in [3.05, 3.63) is 215 Å². The highest BCUT2D eigenvalue weighted by Crippen LogP contribution is 2.36. The fourth-order valence-corrected chi connectivity index (χ4v) is 17.7. The van der Waals surface area contributed by atoms with Crippen molar-refractivity contribution in [2.75, 3.05) is 125 Å². The predicted octanol–water partition coefficient (Wildman–Crippen LogP) is 16.0. The first-order valence-electron chi connectivity index (χ1n) is 52.0. The van der Waals surface area contributed by atoms with Crippen molar-refractivity contribution < 1.29 is 136 Å². The number of hydrogen-bond acceptors (Lipinski definition) is 33. The van der Waals surface area contributed by atoms with E-state index in [9.17, 15) is 79.2 Å². The summed E-state index contributed by atoms with van der Waals surface area (Å²) in [6.07, 6.45) is 49.0. The minimum atomic E-state index is -0.728. The molecule has 4 amide bonds. The van der Waals surface area contributed by atoms with Crippen molar-refractivity contribution >= 4 is 70.4 Å². The Balaban J connectivity index is 0.000000205. The maximum atomic E-state index is 13.1. The number of likely N-dealkylation sites (tertiary alicyclic amines) is 3. The van der Waals surface area contributed by atoms with Crippen LogP contribution in [0.15, 0.2) is 191 Å². The zero-order chi connectivity index (χ0) is 107. The summed E-state index contributed by atoms with van der Waals surface area (Å²) < 4.78 is 44.6. The van der Waals surface area contributed by atoms with Gasteiger partial charge in [0.25, 0.3) is 23.6 Å². The molecule has 0 spiro atoms. The SMILES string of the molecule is C=C(CO[C@@H]1/C=C/C[C@@H](C)OC(=O)c2c(O)cc(O)cc2CC(=NOCC(=O)N2CCCCC2)/C=C/C1)N1CCOCC1.C=C(CO[C@@H]1/C=C/C[C@@H](C)OC(=O)c2c(O)cc(O)cc2CC(=NOCC(=O)N2CCCCC2)/C=C/C1)OC.C[C@@H]1/C=C/C[C@@H](C)OC(=O)c2c(O)cc(O)cc2CC(=N/OCC(=O)N2CCCCC2)/C=C/C1.O=C(CON=C1/C=C/CC/C=C/CCOC(=O)c2c(O)cc(O)cc2C1)NCC1CCCCC1. The second-order valence-electron chi connectivity index (χ2n) is 38.3. The second-order valence-corrected chi connectivity index (χ2v) is 38.3. The van der Waals surface area contributed by atoms with Gasteiger partial charge in [-0.25, -0.2) is 19.2 Å². The number of hydrogen-bond donors (Lipinski definition) is 9. The van der Waals surface area contributed by atoms with Crippen molar-refractivity contribution in [3.63, 3.8) is 0 Å². The number of fused-ring (bicyclic) bond motifs is 4. The van der Waals surface area contributed by atoms with E-state index in [-0.39, 0.29) is 170 Å². The molecule has 0 unspecified atom stereocenters. The third-order valence-corrected chi connectivity index (χ3v) is 25.8. The molecule has 5 fully saturated rings. The summed E-state index contributed by atoms with van der Waals surface area (Å²) in [6, 6.07) is 9.94. The van der Waals surface area contributed by atoms with Crippen LogP contribution in [0.1, 0.15) is 239 Å². The van der Waals surface area contributed by atoms with Crippen LogP contribution in [0, 0.1) is 11.8 Å². The number of aromatic hydroxyl groups is 8. The lowest BCUT2D eigenvalue weighted by Crippen LogP contribution is -2.37. The Morgan fingerprint density at radius 3 is 1.14 bits per heavy atom. The van der Waals surface area contributed by atoms with Gasteiger partial charge in [-0.1, -0.05) is 133 Å². The molecule has 8 heterocycles. The van der Waals surface area contributed by atoms with Crippen LogP contribution in [0.2, 0.25) is 0 Å². The summed E-state index contributed by atoms with van der Waals surface area (Å²) in [7, 11) is 1.52. The summed E-state index contributed by atoms with van der Waals surface area (Å²) >= 11 is 0. The minimum absolute atomic E-state index is 0.0230. The molecule has 13 rings (SSSR count). The highest BCUT2D eigenvalue weighted by atomic mass is 16.6. The number of piperidine rings is 3. The predicted molar refractivity (Wildman–Crippen MR) is 564 cm³/mol. The van der Waals surface area contributed by atoms with Gasteiger partial charge in [0, 0.05) is 134 Å². The van der Waals surface area contributed by atoms with Crippen LogP contribution in [0.25, 0.3) is 0 Å². The molecule has 150 heavy (non-hydrogen) atoms. The monoisotopic (exact) mass is 2080 g/mol. The summed E-state index contributed by atoms with van der Waals surface area (Å²) in [5, 5.41) is 102. The number of ether oxygens (including phenoxy) is 8. The highest BCUT2D eigenvalue weighted by molar-refractivity contribution is 6.04. The minimum Gasteiger partial charge on any atom is -0.508 e. The number of nitrogens with zero attached hydrogens (tertiary/aromatic N) is 8. The first-order valence-corrected chi connectivity index (χ1v) is 52.0. The molecule has 37 heteroatoms. The summed E-state index contributed by atoms with van der Waals surface area (Å²) in [5.74, 6) is -4.46. The smallest absolute Gasteiger partial charge is 0.342 e. The number of esters is 4. The first-order chi connectivity index (χ1) is 72.4. The Morgan fingerprint density at radius 1 is 0.380 bits per heavy atom. The molecule has 4 aromatic carbocycles. The number of methoxy groups -OCH3 is 1. The fourth-order valence-electron chi connectivity index (χ4n) is 17.7. The van der Waals surface area contributed by atoms with E-state index in [1.807, 2.05) is 66.8 Å². The Kier molecular flexibility index (Phi) is 49.9. The van der Waals surface area contributed by atoms with E-state index in [4.69, 9.17) is 57.2 Å². The maximum Gasteiger partial charge on any atom is 0.342 e. The van der Waals surface area contributed by atoms with Gasteiger partial charge in [-0.3, -0.25) is 19.2 Å².